The van der Waals surface area contributed by atoms with Crippen LogP contribution in [-0.2, 0) is 0 Å². The summed E-state index contributed by atoms with van der Waals surface area (Å²) in [6, 6.07) is 20.6. The van der Waals surface area contributed by atoms with Crippen molar-refractivity contribution < 1.29 is 9.73 Å². The summed E-state index contributed by atoms with van der Waals surface area (Å²) >= 11 is 7.83. The zero-order chi connectivity index (χ0) is 19.5. The Morgan fingerprint density at radius 2 is 1.86 bits per heavy atom. The van der Waals surface area contributed by atoms with Crippen LogP contribution in [0.15, 0.2) is 70.5 Å². The smallest absolute Gasteiger partial charge is 0.274 e. The summed E-state index contributed by atoms with van der Waals surface area (Å²) in [7, 11) is 0. The van der Waals surface area contributed by atoms with Crippen LogP contribution in [0.25, 0.3) is 11.5 Å². The number of aryl methyl sites for hydroxylation is 1. The number of quaternary nitrogens is 1. The van der Waals surface area contributed by atoms with Crippen LogP contribution in [-0.4, -0.2) is 10.2 Å². The van der Waals surface area contributed by atoms with E-state index in [1.54, 1.807) is 11.3 Å². The van der Waals surface area contributed by atoms with Crippen molar-refractivity contribution in [3.05, 3.63) is 93.0 Å². The summed E-state index contributed by atoms with van der Waals surface area (Å²) in [6.07, 6.45) is 0. The molecule has 0 radical (unpaired) electrons. The van der Waals surface area contributed by atoms with Gasteiger partial charge < -0.3 is 9.73 Å². The van der Waals surface area contributed by atoms with Crippen molar-refractivity contribution in [1.82, 2.24) is 10.2 Å². The molecule has 4 rings (SSSR count). The van der Waals surface area contributed by atoms with E-state index in [-0.39, 0.29) is 12.1 Å². The minimum absolute atomic E-state index is 0.00818. The van der Waals surface area contributed by atoms with E-state index in [1.165, 1.54) is 16.0 Å². The normalized spacial score (nSPS) is 13.4. The van der Waals surface area contributed by atoms with Gasteiger partial charge in [-0.25, -0.2) is 0 Å². The average molecular weight is 411 g/mol. The molecule has 0 aliphatic carbocycles. The first kappa shape index (κ1) is 18.9. The van der Waals surface area contributed by atoms with Crippen LogP contribution in [0.5, 0.6) is 0 Å². The van der Waals surface area contributed by atoms with Crippen molar-refractivity contribution in [2.24, 2.45) is 0 Å². The molecule has 2 atom stereocenters. The van der Waals surface area contributed by atoms with Gasteiger partial charge in [0.05, 0.1) is 4.88 Å². The number of halogens is 1. The van der Waals surface area contributed by atoms with E-state index < -0.39 is 0 Å². The first-order valence-corrected chi connectivity index (χ1v) is 10.4. The number of rotatable bonds is 6. The molecule has 0 aliphatic heterocycles. The fraction of sp³-hybridized carbons (Fsp3) is 0.182. The monoisotopic (exact) mass is 410 g/mol. The van der Waals surface area contributed by atoms with Gasteiger partial charge in [0.2, 0.25) is 5.89 Å². The molecule has 0 amide bonds. The van der Waals surface area contributed by atoms with Crippen LogP contribution < -0.4 is 5.32 Å². The van der Waals surface area contributed by atoms with Gasteiger partial charge in [0.1, 0.15) is 6.04 Å². The maximum atomic E-state index is 6.07. The number of nitrogens with zero attached hydrogens (tertiary/aromatic N) is 2. The van der Waals surface area contributed by atoms with E-state index in [2.05, 4.69) is 71.1 Å². The quantitative estimate of drug-likeness (QED) is 0.476. The number of thiophene rings is 1. The second-order valence-corrected chi connectivity index (χ2v) is 8.26. The van der Waals surface area contributed by atoms with Crippen molar-refractivity contribution >= 4 is 22.9 Å². The van der Waals surface area contributed by atoms with Crippen molar-refractivity contribution in [2.75, 3.05) is 0 Å². The summed E-state index contributed by atoms with van der Waals surface area (Å²) in [5, 5.41) is 13.5. The van der Waals surface area contributed by atoms with Crippen molar-refractivity contribution in [2.45, 2.75) is 25.9 Å². The first-order chi connectivity index (χ1) is 13.6. The van der Waals surface area contributed by atoms with Crippen LogP contribution in [0.4, 0.5) is 0 Å². The SMILES string of the molecule is Cc1ccc([C@@H]([NH2+][C@H](C)c2nnc(-c3cccc(Cl)c3)o2)c2cccs2)cc1. The van der Waals surface area contributed by atoms with Crippen LogP contribution in [0.3, 0.4) is 0 Å². The topological polar surface area (TPSA) is 55.5 Å². The number of nitrogens with two attached hydrogens (primary N) is 1. The Kier molecular flexibility index (Phi) is 5.57. The second kappa shape index (κ2) is 8.27. The van der Waals surface area contributed by atoms with E-state index in [4.69, 9.17) is 16.0 Å². The van der Waals surface area contributed by atoms with Crippen LogP contribution in [0, 0.1) is 6.92 Å². The third-order valence-corrected chi connectivity index (χ3v) is 5.86. The minimum Gasteiger partial charge on any atom is -0.415 e. The maximum Gasteiger partial charge on any atom is 0.274 e. The van der Waals surface area contributed by atoms with Crippen molar-refractivity contribution in [3.8, 4) is 11.5 Å². The van der Waals surface area contributed by atoms with E-state index in [9.17, 15) is 0 Å². The predicted molar refractivity (Wildman–Crippen MR) is 112 cm³/mol. The molecule has 0 aliphatic rings. The summed E-state index contributed by atoms with van der Waals surface area (Å²) in [6.45, 7) is 4.19. The third-order valence-electron chi connectivity index (χ3n) is 4.67. The maximum absolute atomic E-state index is 6.07. The number of benzene rings is 2. The van der Waals surface area contributed by atoms with Crippen LogP contribution >= 0.6 is 22.9 Å². The lowest BCUT2D eigenvalue weighted by atomic mass is 10.0. The Bertz CT molecular complexity index is 1040. The van der Waals surface area contributed by atoms with Gasteiger partial charge in [0, 0.05) is 16.1 Å². The molecular weight excluding hydrogens is 390 g/mol. The van der Waals surface area contributed by atoms with E-state index in [0.29, 0.717) is 16.8 Å². The molecule has 0 spiro atoms. The fourth-order valence-electron chi connectivity index (χ4n) is 3.14. The molecule has 2 aromatic heterocycles. The summed E-state index contributed by atoms with van der Waals surface area (Å²) < 4.78 is 5.95. The lowest BCUT2D eigenvalue weighted by Crippen LogP contribution is -2.85. The molecule has 4 aromatic rings. The van der Waals surface area contributed by atoms with E-state index >= 15 is 0 Å². The molecule has 28 heavy (non-hydrogen) atoms. The third kappa shape index (κ3) is 4.17. The highest BCUT2D eigenvalue weighted by molar-refractivity contribution is 7.10. The summed E-state index contributed by atoms with van der Waals surface area (Å²) in [4.78, 5) is 1.30. The van der Waals surface area contributed by atoms with Gasteiger partial charge >= 0.3 is 0 Å². The first-order valence-electron chi connectivity index (χ1n) is 9.14. The molecule has 0 saturated carbocycles. The fourth-order valence-corrected chi connectivity index (χ4v) is 4.16. The lowest BCUT2D eigenvalue weighted by molar-refractivity contribution is -0.725. The van der Waals surface area contributed by atoms with Gasteiger partial charge in [-0.1, -0.05) is 53.6 Å². The second-order valence-electron chi connectivity index (χ2n) is 6.84. The molecule has 4 nitrogen and oxygen atoms in total. The van der Waals surface area contributed by atoms with Gasteiger partial charge in [0.15, 0.2) is 6.04 Å². The molecule has 2 N–H and O–H groups in total. The summed E-state index contributed by atoms with van der Waals surface area (Å²) in [5.41, 5.74) is 3.34. The van der Waals surface area contributed by atoms with E-state index in [0.717, 1.165) is 5.56 Å². The minimum atomic E-state index is 0.00818. The Labute approximate surface area is 173 Å². The Balaban J connectivity index is 1.58. The Morgan fingerprint density at radius 3 is 2.57 bits per heavy atom. The molecule has 2 aromatic carbocycles. The highest BCUT2D eigenvalue weighted by Gasteiger charge is 2.26. The number of hydrogen-bond acceptors (Lipinski definition) is 4. The van der Waals surface area contributed by atoms with Gasteiger partial charge in [-0.05, 0) is 43.5 Å². The molecule has 0 unspecified atom stereocenters. The highest BCUT2D eigenvalue weighted by atomic mass is 35.5. The van der Waals surface area contributed by atoms with Gasteiger partial charge in [-0.2, -0.15) is 0 Å². The zero-order valence-electron chi connectivity index (χ0n) is 15.7. The van der Waals surface area contributed by atoms with Crippen LogP contribution in [0.1, 0.15) is 40.9 Å². The standard InChI is InChI=1S/C22H20ClN3OS/c1-14-8-10-16(11-9-14)20(19-7-4-12-28-19)24-15(2)21-25-26-22(27-21)17-5-3-6-18(23)13-17/h3-13,15,20,24H,1-2H3/p+1/t15-,20-/m1/s1. The Hall–Kier alpha value is -2.47. The molecule has 0 fully saturated rings. The van der Waals surface area contributed by atoms with Crippen molar-refractivity contribution in [3.63, 3.8) is 0 Å². The largest absolute Gasteiger partial charge is 0.415 e. The Morgan fingerprint density at radius 1 is 1.04 bits per heavy atom. The molecule has 142 valence electrons. The zero-order valence-corrected chi connectivity index (χ0v) is 17.2. The van der Waals surface area contributed by atoms with Crippen LogP contribution in [0.2, 0.25) is 5.02 Å². The lowest BCUT2D eigenvalue weighted by Gasteiger charge is -2.18. The summed E-state index contributed by atoms with van der Waals surface area (Å²) in [5.74, 6) is 1.09. The number of aromatic nitrogens is 2. The molecular formula is C22H21ClN3OS+. The highest BCUT2D eigenvalue weighted by Crippen LogP contribution is 2.26. The van der Waals surface area contributed by atoms with Gasteiger partial charge in [-0.3, -0.25) is 0 Å². The predicted octanol–water partition coefficient (Wildman–Crippen LogP) is 5.17. The van der Waals surface area contributed by atoms with Gasteiger partial charge in [-0.15, -0.1) is 21.5 Å². The van der Waals surface area contributed by atoms with Crippen molar-refractivity contribution in [1.29, 1.82) is 0 Å². The number of hydrogen-bond donors (Lipinski definition) is 1. The van der Waals surface area contributed by atoms with E-state index in [1.807, 2.05) is 24.3 Å². The van der Waals surface area contributed by atoms with Gasteiger partial charge in [0.25, 0.3) is 5.89 Å². The molecule has 0 bridgehead atoms. The molecule has 2 heterocycles. The molecule has 0 saturated heterocycles. The molecule has 6 heteroatoms. The average Bonchev–Trinajstić information content (AvgIpc) is 3.39.